The predicted octanol–water partition coefficient (Wildman–Crippen LogP) is 2.78. The Morgan fingerprint density at radius 2 is 2.22 bits per heavy atom. The molecule has 1 N–H and O–H groups in total. The molecule has 1 heterocycles. The van der Waals surface area contributed by atoms with Gasteiger partial charge in [0.25, 0.3) is 5.91 Å². The van der Waals surface area contributed by atoms with Gasteiger partial charge in [-0.15, -0.1) is 0 Å². The fraction of sp³-hybridized carbons (Fsp3) is 0.538. The van der Waals surface area contributed by atoms with Gasteiger partial charge in [0.05, 0.1) is 11.7 Å². The van der Waals surface area contributed by atoms with Crippen LogP contribution in [0.5, 0.6) is 0 Å². The van der Waals surface area contributed by atoms with Crippen molar-refractivity contribution in [3.05, 3.63) is 28.5 Å². The van der Waals surface area contributed by atoms with Gasteiger partial charge in [0.15, 0.2) is 0 Å². The number of nitrogens with zero attached hydrogens (tertiary/aromatic N) is 1. The van der Waals surface area contributed by atoms with E-state index in [1.54, 1.807) is 18.3 Å². The van der Waals surface area contributed by atoms with Crippen LogP contribution in [0.2, 0.25) is 0 Å². The maximum absolute atomic E-state index is 11.7. The molecule has 1 aromatic rings. The van der Waals surface area contributed by atoms with E-state index < -0.39 is 0 Å². The molecular formula is C13H19BrN2O2. The molecular weight excluding hydrogens is 296 g/mol. The molecule has 0 aliphatic carbocycles. The van der Waals surface area contributed by atoms with Crippen molar-refractivity contribution >= 4 is 21.8 Å². The third-order valence-corrected chi connectivity index (χ3v) is 2.77. The third kappa shape index (κ3) is 6.12. The van der Waals surface area contributed by atoms with E-state index in [4.69, 9.17) is 4.74 Å². The molecule has 1 aromatic heterocycles. The highest BCUT2D eigenvalue weighted by molar-refractivity contribution is 9.10. The summed E-state index contributed by atoms with van der Waals surface area (Å²) in [7, 11) is 0. The van der Waals surface area contributed by atoms with Crippen LogP contribution in [0.25, 0.3) is 0 Å². The van der Waals surface area contributed by atoms with Crippen molar-refractivity contribution in [2.24, 2.45) is 0 Å². The molecule has 18 heavy (non-hydrogen) atoms. The number of unbranched alkanes of at least 4 members (excludes halogenated alkanes) is 1. The van der Waals surface area contributed by atoms with Crippen LogP contribution in [0, 0.1) is 0 Å². The van der Waals surface area contributed by atoms with E-state index in [9.17, 15) is 4.79 Å². The number of halogens is 1. The van der Waals surface area contributed by atoms with Gasteiger partial charge in [-0.3, -0.25) is 4.79 Å². The summed E-state index contributed by atoms with van der Waals surface area (Å²) < 4.78 is 6.15. The lowest BCUT2D eigenvalue weighted by Crippen LogP contribution is -2.24. The number of hydrogen-bond acceptors (Lipinski definition) is 3. The molecule has 0 unspecified atom stereocenters. The van der Waals surface area contributed by atoms with Crippen LogP contribution in [0.15, 0.2) is 22.9 Å². The fourth-order valence-corrected chi connectivity index (χ4v) is 1.59. The summed E-state index contributed by atoms with van der Waals surface area (Å²) in [6.45, 7) is 5.44. The molecule has 0 atom stereocenters. The van der Waals surface area contributed by atoms with Crippen molar-refractivity contribution in [3.63, 3.8) is 0 Å². The zero-order valence-corrected chi connectivity index (χ0v) is 12.4. The van der Waals surface area contributed by atoms with E-state index >= 15 is 0 Å². The molecule has 0 aliphatic heterocycles. The molecule has 100 valence electrons. The molecule has 0 fully saturated rings. The summed E-state index contributed by atoms with van der Waals surface area (Å²) in [5.41, 5.74) is 0.580. The van der Waals surface area contributed by atoms with Crippen molar-refractivity contribution < 1.29 is 9.53 Å². The first kappa shape index (κ1) is 15.1. The lowest BCUT2D eigenvalue weighted by Gasteiger charge is -2.08. The SMILES string of the molecule is CC(C)OCCCCNC(=O)c1ccc(Br)nc1. The van der Waals surface area contributed by atoms with Crippen LogP contribution >= 0.6 is 15.9 Å². The highest BCUT2D eigenvalue weighted by atomic mass is 79.9. The van der Waals surface area contributed by atoms with Crippen molar-refractivity contribution in [2.45, 2.75) is 32.8 Å². The van der Waals surface area contributed by atoms with Crippen molar-refractivity contribution in [1.29, 1.82) is 0 Å². The maximum Gasteiger partial charge on any atom is 0.252 e. The standard InChI is InChI=1S/C13H19BrN2O2/c1-10(2)18-8-4-3-7-15-13(17)11-5-6-12(14)16-9-11/h5-6,9-10H,3-4,7-8H2,1-2H3,(H,15,17). The number of hydrogen-bond donors (Lipinski definition) is 1. The Kier molecular flexibility index (Phi) is 6.90. The van der Waals surface area contributed by atoms with Crippen molar-refractivity contribution in [2.75, 3.05) is 13.2 Å². The highest BCUT2D eigenvalue weighted by Gasteiger charge is 2.04. The normalized spacial score (nSPS) is 10.7. The van der Waals surface area contributed by atoms with Gasteiger partial charge >= 0.3 is 0 Å². The van der Waals surface area contributed by atoms with Gasteiger partial charge < -0.3 is 10.1 Å². The van der Waals surface area contributed by atoms with Crippen LogP contribution in [0.1, 0.15) is 37.0 Å². The predicted molar refractivity (Wildman–Crippen MR) is 74.6 cm³/mol. The van der Waals surface area contributed by atoms with Gasteiger partial charge in [-0.25, -0.2) is 4.98 Å². The molecule has 0 radical (unpaired) electrons. The smallest absolute Gasteiger partial charge is 0.252 e. The largest absolute Gasteiger partial charge is 0.379 e. The Morgan fingerprint density at radius 3 is 2.83 bits per heavy atom. The minimum Gasteiger partial charge on any atom is -0.379 e. The van der Waals surface area contributed by atoms with Crippen LogP contribution in [0.3, 0.4) is 0 Å². The van der Waals surface area contributed by atoms with E-state index in [0.29, 0.717) is 12.1 Å². The number of aromatic nitrogens is 1. The van der Waals surface area contributed by atoms with Gasteiger partial charge in [-0.1, -0.05) is 0 Å². The molecule has 0 aliphatic rings. The second-order valence-electron chi connectivity index (χ2n) is 4.25. The second kappa shape index (κ2) is 8.21. The van der Waals surface area contributed by atoms with Crippen molar-refractivity contribution in [3.8, 4) is 0 Å². The molecule has 4 nitrogen and oxygen atoms in total. The first-order valence-corrected chi connectivity index (χ1v) is 6.90. The van der Waals surface area contributed by atoms with E-state index in [2.05, 4.69) is 26.2 Å². The molecule has 0 spiro atoms. The summed E-state index contributed by atoms with van der Waals surface area (Å²) in [5, 5.41) is 2.86. The number of nitrogens with one attached hydrogen (secondary N) is 1. The Labute approximate surface area is 116 Å². The molecule has 5 heteroatoms. The second-order valence-corrected chi connectivity index (χ2v) is 5.06. The summed E-state index contributed by atoms with van der Waals surface area (Å²) in [5.74, 6) is -0.0835. The monoisotopic (exact) mass is 314 g/mol. The Morgan fingerprint density at radius 1 is 1.44 bits per heavy atom. The van der Waals surface area contributed by atoms with Crippen LogP contribution in [-0.4, -0.2) is 30.1 Å². The molecule has 0 aromatic carbocycles. The van der Waals surface area contributed by atoms with Crippen LogP contribution < -0.4 is 5.32 Å². The zero-order valence-electron chi connectivity index (χ0n) is 10.8. The van der Waals surface area contributed by atoms with Gasteiger partial charge in [-0.05, 0) is 54.8 Å². The number of carbonyl (C=O) groups excluding carboxylic acids is 1. The van der Waals surface area contributed by atoms with Crippen LogP contribution in [-0.2, 0) is 4.74 Å². The minimum absolute atomic E-state index is 0.0835. The fourth-order valence-electron chi connectivity index (χ4n) is 1.36. The lowest BCUT2D eigenvalue weighted by molar-refractivity contribution is 0.0754. The Balaban J connectivity index is 2.16. The van der Waals surface area contributed by atoms with E-state index in [1.807, 2.05) is 13.8 Å². The number of pyridine rings is 1. The summed E-state index contributed by atoms with van der Waals surface area (Å²) in [6.07, 6.45) is 3.70. The molecule has 0 bridgehead atoms. The molecule has 1 rings (SSSR count). The molecule has 1 amide bonds. The lowest BCUT2D eigenvalue weighted by atomic mass is 10.2. The quantitative estimate of drug-likeness (QED) is 0.622. The zero-order chi connectivity index (χ0) is 13.4. The average Bonchev–Trinajstić information content (AvgIpc) is 2.34. The van der Waals surface area contributed by atoms with Gasteiger partial charge in [-0.2, -0.15) is 0 Å². The number of amides is 1. The van der Waals surface area contributed by atoms with Gasteiger partial charge in [0, 0.05) is 19.3 Å². The number of rotatable bonds is 7. The highest BCUT2D eigenvalue weighted by Crippen LogP contribution is 2.06. The first-order valence-electron chi connectivity index (χ1n) is 6.11. The maximum atomic E-state index is 11.7. The van der Waals surface area contributed by atoms with E-state index in [0.717, 1.165) is 24.1 Å². The number of ether oxygens (including phenoxy) is 1. The summed E-state index contributed by atoms with van der Waals surface area (Å²) in [6, 6.07) is 3.50. The first-order chi connectivity index (χ1) is 8.59. The van der Waals surface area contributed by atoms with E-state index in [1.165, 1.54) is 0 Å². The van der Waals surface area contributed by atoms with Gasteiger partial charge in [0.2, 0.25) is 0 Å². The topological polar surface area (TPSA) is 51.2 Å². The molecule has 0 saturated carbocycles. The van der Waals surface area contributed by atoms with Crippen LogP contribution in [0.4, 0.5) is 0 Å². The van der Waals surface area contributed by atoms with Crippen molar-refractivity contribution in [1.82, 2.24) is 10.3 Å². The minimum atomic E-state index is -0.0835. The summed E-state index contributed by atoms with van der Waals surface area (Å²) >= 11 is 3.23. The van der Waals surface area contributed by atoms with Gasteiger partial charge in [0.1, 0.15) is 4.60 Å². The Hall–Kier alpha value is -0.940. The van der Waals surface area contributed by atoms with E-state index in [-0.39, 0.29) is 12.0 Å². The number of carbonyl (C=O) groups is 1. The summed E-state index contributed by atoms with van der Waals surface area (Å²) in [4.78, 5) is 15.7. The third-order valence-electron chi connectivity index (χ3n) is 2.30. The average molecular weight is 315 g/mol. The molecule has 0 saturated heterocycles. The Bertz CT molecular complexity index is 366.